The summed E-state index contributed by atoms with van der Waals surface area (Å²) in [6, 6.07) is 0. The van der Waals surface area contributed by atoms with E-state index in [0.717, 1.165) is 77.8 Å². The molecule has 0 spiro atoms. The molecule has 0 saturated carbocycles. The zero-order valence-electron chi connectivity index (χ0n) is 78.4. The summed E-state index contributed by atoms with van der Waals surface area (Å²) in [5.41, 5.74) is -0.352. The highest BCUT2D eigenvalue weighted by Gasteiger charge is 2.21. The first-order chi connectivity index (χ1) is 56.5. The van der Waals surface area contributed by atoms with Crippen molar-refractivity contribution in [2.45, 2.75) is 235 Å². The van der Waals surface area contributed by atoms with Crippen molar-refractivity contribution < 1.29 is 189 Å². The van der Waals surface area contributed by atoms with Gasteiger partial charge in [0.25, 0.3) is 0 Å². The van der Waals surface area contributed by atoms with E-state index in [0.29, 0.717) is 130 Å². The number of ether oxygens (including phenoxy) is 24. The summed E-state index contributed by atoms with van der Waals surface area (Å²) in [5.74, 6) is -0.524. The highest BCUT2D eigenvalue weighted by molar-refractivity contribution is 7.91. The van der Waals surface area contributed by atoms with Crippen LogP contribution >= 0.6 is 0 Å². The zero-order valence-corrected chi connectivity index (χ0v) is 79.3. The largest absolute Gasteiger partial charge is 0.508 e. The molecule has 0 amide bonds. The fourth-order valence-electron chi connectivity index (χ4n) is 5.02. The summed E-state index contributed by atoms with van der Waals surface area (Å²) in [6.07, 6.45) is 6.76. The van der Waals surface area contributed by atoms with E-state index >= 15 is 0 Å². The number of hydrogen-bond acceptors (Lipinski definition) is 40. The van der Waals surface area contributed by atoms with Crippen molar-refractivity contribution >= 4 is 94.3 Å². The van der Waals surface area contributed by atoms with Crippen molar-refractivity contribution in [2.24, 2.45) is 5.41 Å². The molecule has 41 heteroatoms. The second-order valence-corrected chi connectivity index (χ2v) is 24.7. The second-order valence-electron chi connectivity index (χ2n) is 22.4. The van der Waals surface area contributed by atoms with Crippen molar-refractivity contribution in [1.82, 2.24) is 0 Å². The number of cyclic esters (lactones) is 3. The molecule has 0 aromatic heterocycles. The van der Waals surface area contributed by atoms with Crippen molar-refractivity contribution in [3.63, 3.8) is 0 Å². The van der Waals surface area contributed by atoms with Crippen LogP contribution < -0.4 is 0 Å². The number of methoxy groups -OCH3 is 10. The molecule has 0 bridgehead atoms. The molecule has 0 radical (unpaired) electrons. The van der Waals surface area contributed by atoms with Crippen LogP contribution in [0, 0.1) is 5.41 Å². The van der Waals surface area contributed by atoms with Gasteiger partial charge in [0, 0.05) is 80.3 Å². The molecule has 4 aliphatic heterocycles. The molecule has 0 aromatic carbocycles. The second kappa shape index (κ2) is 121. The third kappa shape index (κ3) is 176. The summed E-state index contributed by atoms with van der Waals surface area (Å²) in [4.78, 5) is 141. The molecule has 720 valence electrons. The lowest BCUT2D eigenvalue weighted by molar-refractivity contribution is -0.150. The molecule has 4 saturated heterocycles. The Morgan fingerprint density at radius 2 is 0.767 bits per heavy atom. The third-order valence-corrected chi connectivity index (χ3v) is 12.5. The minimum atomic E-state index is -2.55. The van der Waals surface area contributed by atoms with E-state index in [9.17, 15) is 75.5 Å². The van der Waals surface area contributed by atoms with Crippen LogP contribution in [0.25, 0.3) is 0 Å². The number of hydrogen-bond donors (Lipinski definition) is 0. The maximum absolute atomic E-state index is 10.6. The predicted molar refractivity (Wildman–Crippen MR) is 444 cm³/mol. The molecular formula is C79H158O40S. The number of carbonyl (C=O) groups excluding carboxylic acids is 14. The molecule has 0 N–H and O–H groups in total. The number of carbonyl (C=O) groups is 14. The smallest absolute Gasteiger partial charge is 0.469 e. The molecule has 4 heterocycles. The van der Waals surface area contributed by atoms with Gasteiger partial charge in [0.15, 0.2) is 0 Å². The van der Waals surface area contributed by atoms with Gasteiger partial charge in [0.05, 0.1) is 160 Å². The molecule has 40 nitrogen and oxygen atoms in total. The summed E-state index contributed by atoms with van der Waals surface area (Å²) in [5, 5.41) is 0. The van der Waals surface area contributed by atoms with Crippen LogP contribution in [0.4, 0.5) is 24.0 Å². The van der Waals surface area contributed by atoms with Crippen LogP contribution in [-0.2, 0) is 167 Å². The number of esters is 9. The molecular weight excluding hydrogens is 1620 g/mol. The lowest BCUT2D eigenvalue weighted by Gasteiger charge is -2.13. The topological polar surface area (TPSA) is 495 Å². The van der Waals surface area contributed by atoms with Gasteiger partial charge in [-0.05, 0) is 128 Å². The van der Waals surface area contributed by atoms with Gasteiger partial charge in [0.2, 0.25) is 0 Å². The molecule has 120 heavy (non-hydrogen) atoms. The Bertz CT molecular complexity index is 2290. The molecule has 1 atom stereocenters. The van der Waals surface area contributed by atoms with Crippen LogP contribution in [0.5, 0.6) is 0 Å². The Morgan fingerprint density at radius 1 is 0.383 bits per heavy atom. The van der Waals surface area contributed by atoms with E-state index in [1.54, 1.807) is 76.5 Å². The summed E-state index contributed by atoms with van der Waals surface area (Å²) in [6.45, 7) is 47.3. The van der Waals surface area contributed by atoms with Crippen molar-refractivity contribution in [2.75, 3.05) is 195 Å². The standard InChI is InChI=1S/2C6H12O2.2C5H10O3.3C5H10O2.C4H6O3.C4H8O3.C4H8O2S.C4H8O2.C4H6O2.C4H10O2.2C4H8O2.C4H10O.C3H6O3.C3H6O2/c1-6(2,3)5(7)8-4;1-3-5-8-6(7)4-2;1-3-4-8-5(6)7-2;1-3-7-5(6)8-4-2;1-3-4-5(6)7-2;1-3-4-7-5(2)6;1-3-5(6)7-4-2;1-3-2-6-4(5)7-3;1-3-7-4(5)6-2;5-7(6)3-1-2-4-7;1-2-5-4-6-3-1;5-4-2-1-3-6-4;1-5-3-4-6-2;1-3-4(5)6-2;1-3-6-4(2)5;1-3-5-4-2;1-5-3(4)6-2;1-3(4)5-2/h1-4H3;3-5H2,1-2H3;2*3-4H2,1-2H3;3*3-4H2,1-2H3;3H,2H2,1H3;3H2,1-2H3;1-4H2;1-4H2;1-3H2;3-4H2,1-2H3;2*3H2,1-2H3;3-4H2,1-2H3;1-2H3;1-2H3. The number of rotatable bonds is 21. The lowest BCUT2D eigenvalue weighted by atomic mass is 9.98. The van der Waals surface area contributed by atoms with E-state index in [-0.39, 0.29) is 65.2 Å². The summed E-state index contributed by atoms with van der Waals surface area (Å²) < 4.78 is 128. The van der Waals surface area contributed by atoms with Crippen LogP contribution in [0.2, 0.25) is 0 Å². The zero-order chi connectivity index (χ0) is 96.3. The predicted octanol–water partition coefficient (Wildman–Crippen LogP) is 13.1. The van der Waals surface area contributed by atoms with Crippen LogP contribution in [0.1, 0.15) is 229 Å². The SMILES string of the molecule is C1COCOC1.CC1COC(=O)O1.CCC(=O)OC.CCCC(=O)OC.CCCOC(=O)CC.CCCOC(=O)OC.CCCOC(C)=O.CCOC(=O)CC.CCOC(=O)OC.CCOC(=O)OCC.CCOC(C)=O.CCOCC.COC(=O)C(C)(C)C.COC(=O)OC.COC(C)=O.COCCOC.O=C1CCCO1.O=S1(=O)CCCC1. The van der Waals surface area contributed by atoms with Gasteiger partial charge >= 0.3 is 84.5 Å². The average molecular weight is 1780 g/mol. The molecule has 0 aromatic rings. The van der Waals surface area contributed by atoms with Gasteiger partial charge in [0.1, 0.15) is 29.3 Å². The van der Waals surface area contributed by atoms with E-state index in [2.05, 4.69) is 94.7 Å². The summed E-state index contributed by atoms with van der Waals surface area (Å²) in [7, 11) is 11.4. The van der Waals surface area contributed by atoms with E-state index < -0.39 is 40.6 Å². The van der Waals surface area contributed by atoms with E-state index in [1.165, 1.54) is 77.6 Å². The molecule has 0 aliphatic carbocycles. The van der Waals surface area contributed by atoms with Crippen molar-refractivity contribution in [3.05, 3.63) is 0 Å². The van der Waals surface area contributed by atoms with Crippen LogP contribution in [0.15, 0.2) is 0 Å². The van der Waals surface area contributed by atoms with E-state index in [4.69, 9.17) is 18.9 Å². The molecule has 4 fully saturated rings. The van der Waals surface area contributed by atoms with Gasteiger partial charge in [-0.1, -0.05) is 48.5 Å². The van der Waals surface area contributed by atoms with Crippen molar-refractivity contribution in [3.8, 4) is 0 Å². The highest BCUT2D eigenvalue weighted by Crippen LogP contribution is 2.14. The van der Waals surface area contributed by atoms with Gasteiger partial charge in [-0.15, -0.1) is 0 Å². The van der Waals surface area contributed by atoms with Gasteiger partial charge < -0.3 is 114 Å². The maximum atomic E-state index is 10.6. The monoisotopic (exact) mass is 1780 g/mol. The lowest BCUT2D eigenvalue weighted by Crippen LogP contribution is -2.21. The first kappa shape index (κ1) is 143. The minimum absolute atomic E-state index is 0.0463. The normalized spacial score (nSPS) is 12.1. The first-order valence-electron chi connectivity index (χ1n) is 39.1. The fourth-order valence-corrected chi connectivity index (χ4v) is 6.51. The fraction of sp³-hybridized carbons (Fsp3) is 0.823. The van der Waals surface area contributed by atoms with Crippen LogP contribution in [0.3, 0.4) is 0 Å². The Hall–Kier alpha value is -8.67. The molecule has 4 rings (SSSR count). The maximum Gasteiger partial charge on any atom is 0.508 e. The molecule has 1 unspecified atom stereocenters. The minimum Gasteiger partial charge on any atom is -0.469 e. The number of sulfone groups is 1. The Labute approximate surface area is 716 Å². The van der Waals surface area contributed by atoms with Crippen molar-refractivity contribution in [1.29, 1.82) is 0 Å². The first-order valence-corrected chi connectivity index (χ1v) is 40.9. The average Bonchev–Trinajstić information content (AvgIpc) is 1.82. The highest BCUT2D eigenvalue weighted by atomic mass is 32.2. The Kier molecular flexibility index (Phi) is 144. The summed E-state index contributed by atoms with van der Waals surface area (Å²) >= 11 is 0. The third-order valence-electron chi connectivity index (χ3n) is 10.7. The Morgan fingerprint density at radius 3 is 0.908 bits per heavy atom. The van der Waals surface area contributed by atoms with Gasteiger partial charge in [-0.25, -0.2) is 32.4 Å². The van der Waals surface area contributed by atoms with Crippen LogP contribution in [-0.4, -0.2) is 294 Å². The Balaban J connectivity index is -0.0000000827. The van der Waals surface area contributed by atoms with E-state index in [1.807, 2.05) is 62.3 Å². The quantitative estimate of drug-likeness (QED) is 0.0585. The van der Waals surface area contributed by atoms with Gasteiger partial charge in [-0.3, -0.25) is 43.2 Å². The van der Waals surface area contributed by atoms with Gasteiger partial charge in [-0.2, -0.15) is 0 Å². The molecule has 4 aliphatic rings.